The van der Waals surface area contributed by atoms with Crippen LogP contribution in [0.25, 0.3) is 0 Å². The minimum absolute atomic E-state index is 0.361. The second kappa shape index (κ2) is 4.14. The zero-order valence-corrected chi connectivity index (χ0v) is 9.32. The quantitative estimate of drug-likeness (QED) is 0.793. The van der Waals surface area contributed by atoms with Gasteiger partial charge in [-0.1, -0.05) is 24.3 Å². The number of rotatable bonds is 2. The van der Waals surface area contributed by atoms with E-state index in [1.54, 1.807) is 0 Å². The molecule has 16 heavy (non-hydrogen) atoms. The summed E-state index contributed by atoms with van der Waals surface area (Å²) < 4.78 is 4.89. The van der Waals surface area contributed by atoms with Crippen molar-refractivity contribution in [3.8, 4) is 0 Å². The Labute approximate surface area is 94.8 Å². The van der Waals surface area contributed by atoms with E-state index >= 15 is 0 Å². The van der Waals surface area contributed by atoms with Crippen LogP contribution in [0.2, 0.25) is 0 Å². The molecule has 1 aliphatic rings. The lowest BCUT2D eigenvalue weighted by Crippen LogP contribution is -2.49. The Kier molecular flexibility index (Phi) is 2.83. The van der Waals surface area contributed by atoms with Gasteiger partial charge in [-0.25, -0.2) is 4.79 Å². The third kappa shape index (κ3) is 1.88. The largest absolute Gasteiger partial charge is 0.449 e. The van der Waals surface area contributed by atoms with Crippen molar-refractivity contribution in [2.75, 3.05) is 6.61 Å². The fourth-order valence-corrected chi connectivity index (χ4v) is 2.11. The average molecular weight is 220 g/mol. The molecule has 1 saturated heterocycles. The smallest absolute Gasteiger partial charge is 0.407 e. The molecule has 0 radical (unpaired) electrons. The van der Waals surface area contributed by atoms with E-state index in [4.69, 9.17) is 10.5 Å². The van der Waals surface area contributed by atoms with Crippen LogP contribution < -0.4 is 11.1 Å². The monoisotopic (exact) mass is 220 g/mol. The molecule has 1 atom stereocenters. The van der Waals surface area contributed by atoms with Gasteiger partial charge in [0.2, 0.25) is 0 Å². The number of amides is 1. The standard InChI is InChI=1S/C12H16N2O2/c1-12(6-7-16-11(15)14-12)10-5-3-2-4-9(10)8-13/h2-5H,6-8,13H2,1H3,(H,14,15). The van der Waals surface area contributed by atoms with Crippen molar-refractivity contribution in [3.63, 3.8) is 0 Å². The molecular formula is C12H16N2O2. The van der Waals surface area contributed by atoms with Gasteiger partial charge in [-0.15, -0.1) is 0 Å². The first kappa shape index (κ1) is 11.0. The van der Waals surface area contributed by atoms with Crippen LogP contribution >= 0.6 is 0 Å². The molecule has 1 unspecified atom stereocenters. The maximum absolute atomic E-state index is 11.3. The maximum atomic E-state index is 11.3. The summed E-state index contributed by atoms with van der Waals surface area (Å²) in [7, 11) is 0. The zero-order valence-electron chi connectivity index (χ0n) is 9.32. The Bertz CT molecular complexity index is 406. The number of ether oxygens (including phenoxy) is 1. The van der Waals surface area contributed by atoms with Gasteiger partial charge < -0.3 is 15.8 Å². The van der Waals surface area contributed by atoms with Gasteiger partial charge in [0.05, 0.1) is 12.1 Å². The Morgan fingerprint density at radius 2 is 2.25 bits per heavy atom. The molecule has 4 nitrogen and oxygen atoms in total. The van der Waals surface area contributed by atoms with Crippen molar-refractivity contribution >= 4 is 6.09 Å². The van der Waals surface area contributed by atoms with Crippen molar-refractivity contribution in [2.45, 2.75) is 25.4 Å². The van der Waals surface area contributed by atoms with E-state index in [1.165, 1.54) is 0 Å². The summed E-state index contributed by atoms with van der Waals surface area (Å²) in [5.41, 5.74) is 7.48. The van der Waals surface area contributed by atoms with Crippen LogP contribution in [0.3, 0.4) is 0 Å². The molecule has 4 heteroatoms. The fourth-order valence-electron chi connectivity index (χ4n) is 2.11. The lowest BCUT2D eigenvalue weighted by Gasteiger charge is -2.35. The molecule has 0 saturated carbocycles. The third-order valence-corrected chi connectivity index (χ3v) is 3.04. The average Bonchev–Trinajstić information content (AvgIpc) is 2.29. The molecule has 1 aromatic rings. The Balaban J connectivity index is 2.37. The summed E-state index contributed by atoms with van der Waals surface area (Å²) in [6.45, 7) is 2.92. The Morgan fingerprint density at radius 3 is 2.94 bits per heavy atom. The van der Waals surface area contributed by atoms with E-state index in [0.717, 1.165) is 17.5 Å². The molecule has 3 N–H and O–H groups in total. The van der Waals surface area contributed by atoms with Crippen LogP contribution in [0.1, 0.15) is 24.5 Å². The maximum Gasteiger partial charge on any atom is 0.407 e. The molecule has 0 spiro atoms. The summed E-state index contributed by atoms with van der Waals surface area (Å²) in [5, 5.41) is 2.87. The van der Waals surface area contributed by atoms with E-state index in [0.29, 0.717) is 13.2 Å². The zero-order chi connectivity index (χ0) is 11.6. The molecule has 86 valence electrons. The topological polar surface area (TPSA) is 64.3 Å². The highest BCUT2D eigenvalue weighted by molar-refractivity contribution is 5.69. The molecule has 0 aliphatic carbocycles. The summed E-state index contributed by atoms with van der Waals surface area (Å²) in [6, 6.07) is 7.91. The minimum Gasteiger partial charge on any atom is -0.449 e. The van der Waals surface area contributed by atoms with Crippen molar-refractivity contribution < 1.29 is 9.53 Å². The van der Waals surface area contributed by atoms with Crippen LogP contribution in [0.4, 0.5) is 4.79 Å². The van der Waals surface area contributed by atoms with Gasteiger partial charge in [-0.2, -0.15) is 0 Å². The predicted molar refractivity (Wildman–Crippen MR) is 60.8 cm³/mol. The van der Waals surface area contributed by atoms with E-state index in [1.807, 2.05) is 31.2 Å². The number of cyclic esters (lactones) is 1. The summed E-state index contributed by atoms with van der Waals surface area (Å²) in [5.74, 6) is 0. The predicted octanol–water partition coefficient (Wildman–Crippen LogP) is 1.49. The number of benzene rings is 1. The van der Waals surface area contributed by atoms with Crippen LogP contribution in [0.5, 0.6) is 0 Å². The SMILES string of the molecule is CC1(c2ccccc2CN)CCOC(=O)N1. The highest BCUT2D eigenvalue weighted by Gasteiger charge is 2.34. The molecular weight excluding hydrogens is 204 g/mol. The van der Waals surface area contributed by atoms with Crippen LogP contribution in [-0.2, 0) is 16.8 Å². The van der Waals surface area contributed by atoms with Crippen molar-refractivity contribution in [1.82, 2.24) is 5.32 Å². The van der Waals surface area contributed by atoms with Crippen LogP contribution in [0, 0.1) is 0 Å². The number of hydrogen-bond acceptors (Lipinski definition) is 3. The van der Waals surface area contributed by atoms with Gasteiger partial charge in [-0.05, 0) is 18.1 Å². The first-order valence-electron chi connectivity index (χ1n) is 5.39. The molecule has 0 bridgehead atoms. The van der Waals surface area contributed by atoms with Gasteiger partial charge in [0.25, 0.3) is 0 Å². The van der Waals surface area contributed by atoms with Gasteiger partial charge in [0.1, 0.15) is 0 Å². The van der Waals surface area contributed by atoms with E-state index < -0.39 is 0 Å². The highest BCUT2D eigenvalue weighted by atomic mass is 16.6. The van der Waals surface area contributed by atoms with Crippen LogP contribution in [0.15, 0.2) is 24.3 Å². The molecule has 1 heterocycles. The summed E-state index contributed by atoms with van der Waals surface area (Å²) in [4.78, 5) is 11.3. The molecule has 1 fully saturated rings. The number of carbonyl (C=O) groups is 1. The first-order chi connectivity index (χ1) is 7.65. The number of nitrogens with two attached hydrogens (primary N) is 1. The molecule has 2 rings (SSSR count). The Hall–Kier alpha value is -1.55. The minimum atomic E-state index is -0.370. The Morgan fingerprint density at radius 1 is 1.50 bits per heavy atom. The lowest BCUT2D eigenvalue weighted by molar-refractivity contribution is 0.0914. The number of nitrogens with one attached hydrogen (secondary N) is 1. The van der Waals surface area contributed by atoms with Crippen LogP contribution in [-0.4, -0.2) is 12.7 Å². The van der Waals surface area contributed by atoms with Gasteiger partial charge >= 0.3 is 6.09 Å². The van der Waals surface area contributed by atoms with E-state index in [-0.39, 0.29) is 11.6 Å². The van der Waals surface area contributed by atoms with Crippen molar-refractivity contribution in [3.05, 3.63) is 35.4 Å². The molecule has 1 amide bonds. The lowest BCUT2D eigenvalue weighted by atomic mass is 9.85. The number of carbonyl (C=O) groups excluding carboxylic acids is 1. The molecule has 1 aliphatic heterocycles. The van der Waals surface area contributed by atoms with Gasteiger partial charge in [-0.3, -0.25) is 0 Å². The van der Waals surface area contributed by atoms with Crippen molar-refractivity contribution in [2.24, 2.45) is 5.73 Å². The van der Waals surface area contributed by atoms with Gasteiger partial charge in [0, 0.05) is 13.0 Å². The molecule has 1 aromatic carbocycles. The summed E-state index contributed by atoms with van der Waals surface area (Å²) in [6.07, 6.45) is 0.399. The van der Waals surface area contributed by atoms with E-state index in [9.17, 15) is 4.79 Å². The van der Waals surface area contributed by atoms with Gasteiger partial charge in [0.15, 0.2) is 0 Å². The first-order valence-corrected chi connectivity index (χ1v) is 5.39. The third-order valence-electron chi connectivity index (χ3n) is 3.04. The molecule has 0 aromatic heterocycles. The second-order valence-electron chi connectivity index (χ2n) is 4.20. The number of hydrogen-bond donors (Lipinski definition) is 2. The summed E-state index contributed by atoms with van der Waals surface area (Å²) >= 11 is 0. The fraction of sp³-hybridized carbons (Fsp3) is 0.417. The number of alkyl carbamates (subject to hydrolysis) is 1. The highest BCUT2D eigenvalue weighted by Crippen LogP contribution is 2.29. The van der Waals surface area contributed by atoms with Crippen molar-refractivity contribution in [1.29, 1.82) is 0 Å². The second-order valence-corrected chi connectivity index (χ2v) is 4.20. The van der Waals surface area contributed by atoms with E-state index in [2.05, 4.69) is 5.32 Å². The normalized spacial score (nSPS) is 24.8.